The zero-order valence-corrected chi connectivity index (χ0v) is 11.1. The van der Waals surface area contributed by atoms with Gasteiger partial charge in [-0.05, 0) is 13.2 Å². The van der Waals surface area contributed by atoms with Crippen LogP contribution in [0.4, 0.5) is 0 Å². The quantitative estimate of drug-likeness (QED) is 0.759. The molecule has 4 nitrogen and oxygen atoms in total. The molecule has 0 fully saturated rings. The van der Waals surface area contributed by atoms with Gasteiger partial charge in [-0.3, -0.25) is 0 Å². The molecule has 0 aromatic carbocycles. The second-order valence-electron chi connectivity index (χ2n) is 2.66. The predicted octanol–water partition coefficient (Wildman–Crippen LogP) is 1.75. The Balaban J connectivity index is 2.24. The van der Waals surface area contributed by atoms with Crippen molar-refractivity contribution in [2.45, 2.75) is 21.7 Å². The van der Waals surface area contributed by atoms with E-state index in [-0.39, 0.29) is 0 Å². The molecule has 1 aromatic rings. The van der Waals surface area contributed by atoms with Crippen LogP contribution in [0.25, 0.3) is 0 Å². The number of ether oxygens (including phenoxy) is 1. The second kappa shape index (κ2) is 7.45. The minimum Gasteiger partial charge on any atom is -0.390 e. The Morgan fingerprint density at radius 3 is 2.80 bits per heavy atom. The van der Waals surface area contributed by atoms with Gasteiger partial charge >= 0.3 is 0 Å². The number of aliphatic hydroxyl groups excluding tert-OH is 1. The van der Waals surface area contributed by atoms with Crippen LogP contribution in [0.2, 0.25) is 0 Å². The first-order valence-electron chi connectivity index (χ1n) is 4.52. The van der Waals surface area contributed by atoms with Gasteiger partial charge in [0.2, 0.25) is 0 Å². The Bertz CT molecular complexity index is 283. The molecule has 1 heterocycles. The van der Waals surface area contributed by atoms with Crippen molar-refractivity contribution in [3.63, 3.8) is 0 Å². The maximum atomic E-state index is 9.51. The summed E-state index contributed by atoms with van der Waals surface area (Å²) in [5.41, 5.74) is 0. The lowest BCUT2D eigenvalue weighted by Crippen LogP contribution is -2.17. The van der Waals surface area contributed by atoms with E-state index in [1.54, 1.807) is 23.1 Å². The summed E-state index contributed by atoms with van der Waals surface area (Å²) >= 11 is 4.65. The fourth-order valence-corrected chi connectivity index (χ4v) is 3.18. The molecular weight excluding hydrogens is 252 g/mol. The molecule has 15 heavy (non-hydrogen) atoms. The molecule has 0 aliphatic carbocycles. The van der Waals surface area contributed by atoms with Crippen LogP contribution in [0.15, 0.2) is 8.68 Å². The lowest BCUT2D eigenvalue weighted by Gasteiger charge is -2.07. The predicted molar refractivity (Wildman–Crippen MR) is 64.9 cm³/mol. The highest BCUT2D eigenvalue weighted by molar-refractivity contribution is 8.02. The molecule has 1 aromatic heterocycles. The SMILES string of the molecule is CCOCC(O)CSc1nnc(SC)s1. The average Bonchev–Trinajstić information content (AvgIpc) is 2.71. The fourth-order valence-electron chi connectivity index (χ4n) is 0.807. The summed E-state index contributed by atoms with van der Waals surface area (Å²) < 4.78 is 6.96. The van der Waals surface area contributed by atoms with Crippen LogP contribution in [0.1, 0.15) is 6.92 Å². The summed E-state index contributed by atoms with van der Waals surface area (Å²) in [5, 5.41) is 17.5. The van der Waals surface area contributed by atoms with Crippen LogP contribution in [0.3, 0.4) is 0 Å². The third-order valence-electron chi connectivity index (χ3n) is 1.48. The van der Waals surface area contributed by atoms with Crippen LogP contribution in [-0.4, -0.2) is 46.6 Å². The van der Waals surface area contributed by atoms with Crippen LogP contribution >= 0.6 is 34.9 Å². The minimum absolute atomic E-state index is 0.387. The summed E-state index contributed by atoms with van der Waals surface area (Å²) in [4.78, 5) is 0. The maximum absolute atomic E-state index is 9.51. The molecule has 0 saturated carbocycles. The molecule has 0 bridgehead atoms. The summed E-state index contributed by atoms with van der Waals surface area (Å²) in [7, 11) is 0. The third-order valence-corrected chi connectivity index (χ3v) is 4.65. The van der Waals surface area contributed by atoms with Gasteiger partial charge in [0, 0.05) is 12.4 Å². The number of aliphatic hydroxyl groups is 1. The Morgan fingerprint density at radius 1 is 1.47 bits per heavy atom. The topological polar surface area (TPSA) is 55.2 Å². The highest BCUT2D eigenvalue weighted by Crippen LogP contribution is 2.27. The van der Waals surface area contributed by atoms with Crippen molar-refractivity contribution in [2.24, 2.45) is 0 Å². The van der Waals surface area contributed by atoms with Crippen LogP contribution in [0.5, 0.6) is 0 Å². The lowest BCUT2D eigenvalue weighted by atomic mass is 10.4. The second-order valence-corrected chi connectivity index (χ2v) is 5.96. The van der Waals surface area contributed by atoms with E-state index in [9.17, 15) is 5.11 Å². The lowest BCUT2D eigenvalue weighted by molar-refractivity contribution is 0.0551. The van der Waals surface area contributed by atoms with E-state index < -0.39 is 6.10 Å². The van der Waals surface area contributed by atoms with E-state index in [1.165, 1.54) is 11.8 Å². The van der Waals surface area contributed by atoms with Crippen molar-refractivity contribution >= 4 is 34.9 Å². The van der Waals surface area contributed by atoms with E-state index in [1.807, 2.05) is 13.2 Å². The van der Waals surface area contributed by atoms with Crippen molar-refractivity contribution in [1.29, 1.82) is 0 Å². The number of thioether (sulfide) groups is 2. The molecule has 1 atom stereocenters. The van der Waals surface area contributed by atoms with Gasteiger partial charge in [-0.1, -0.05) is 34.9 Å². The van der Waals surface area contributed by atoms with E-state index in [0.29, 0.717) is 19.0 Å². The molecule has 1 unspecified atom stereocenters. The zero-order valence-electron chi connectivity index (χ0n) is 8.67. The van der Waals surface area contributed by atoms with E-state index >= 15 is 0 Å². The van der Waals surface area contributed by atoms with Crippen LogP contribution < -0.4 is 0 Å². The molecule has 1 N–H and O–H groups in total. The first-order chi connectivity index (χ1) is 7.26. The molecule has 0 aliphatic heterocycles. The fraction of sp³-hybridized carbons (Fsp3) is 0.750. The number of hydrogen-bond donors (Lipinski definition) is 1. The highest BCUT2D eigenvalue weighted by Gasteiger charge is 2.08. The molecule has 0 aliphatic rings. The normalized spacial score (nSPS) is 13.0. The molecule has 86 valence electrons. The number of aromatic nitrogens is 2. The van der Waals surface area contributed by atoms with Gasteiger partial charge in [-0.2, -0.15) is 0 Å². The molecule has 0 radical (unpaired) electrons. The number of hydrogen-bond acceptors (Lipinski definition) is 7. The summed E-state index contributed by atoms with van der Waals surface area (Å²) in [6.07, 6.45) is 1.54. The first kappa shape index (κ1) is 13.2. The maximum Gasteiger partial charge on any atom is 0.175 e. The molecule has 0 amide bonds. The van der Waals surface area contributed by atoms with Crippen molar-refractivity contribution in [2.75, 3.05) is 25.2 Å². The van der Waals surface area contributed by atoms with Gasteiger partial charge in [0.1, 0.15) is 0 Å². The minimum atomic E-state index is -0.434. The van der Waals surface area contributed by atoms with Gasteiger partial charge in [0.25, 0.3) is 0 Å². The van der Waals surface area contributed by atoms with Crippen LogP contribution in [-0.2, 0) is 4.74 Å². The monoisotopic (exact) mass is 266 g/mol. The Morgan fingerprint density at radius 2 is 2.20 bits per heavy atom. The molecule has 0 spiro atoms. The highest BCUT2D eigenvalue weighted by atomic mass is 32.2. The summed E-state index contributed by atoms with van der Waals surface area (Å²) in [6, 6.07) is 0. The van der Waals surface area contributed by atoms with Gasteiger partial charge in [0.05, 0.1) is 12.7 Å². The number of nitrogens with zero attached hydrogens (tertiary/aromatic N) is 2. The smallest absolute Gasteiger partial charge is 0.175 e. The van der Waals surface area contributed by atoms with Crippen LogP contribution in [0, 0.1) is 0 Å². The van der Waals surface area contributed by atoms with Gasteiger partial charge in [-0.15, -0.1) is 10.2 Å². The summed E-state index contributed by atoms with van der Waals surface area (Å²) in [6.45, 7) is 2.93. The molecule has 0 saturated heterocycles. The summed E-state index contributed by atoms with van der Waals surface area (Å²) in [5.74, 6) is 0.600. The van der Waals surface area contributed by atoms with Crippen molar-refractivity contribution in [1.82, 2.24) is 10.2 Å². The third kappa shape index (κ3) is 5.17. The standard InChI is InChI=1S/C8H14N2O2S3/c1-3-12-4-6(11)5-14-8-10-9-7(13-2)15-8/h6,11H,3-5H2,1-2H3. The molecular formula is C8H14N2O2S3. The van der Waals surface area contributed by atoms with Gasteiger partial charge in [-0.25, -0.2) is 0 Å². The van der Waals surface area contributed by atoms with Crippen molar-refractivity contribution in [3.05, 3.63) is 0 Å². The van der Waals surface area contributed by atoms with Gasteiger partial charge in [0.15, 0.2) is 8.68 Å². The van der Waals surface area contributed by atoms with Crippen molar-refractivity contribution < 1.29 is 9.84 Å². The van der Waals surface area contributed by atoms with E-state index in [4.69, 9.17) is 4.74 Å². The number of rotatable bonds is 7. The zero-order chi connectivity index (χ0) is 11.1. The van der Waals surface area contributed by atoms with E-state index in [0.717, 1.165) is 8.68 Å². The van der Waals surface area contributed by atoms with E-state index in [2.05, 4.69) is 10.2 Å². The average molecular weight is 266 g/mol. The Labute approximate surface area is 102 Å². The Hall–Kier alpha value is 0.180. The Kier molecular flexibility index (Phi) is 6.58. The van der Waals surface area contributed by atoms with Gasteiger partial charge < -0.3 is 9.84 Å². The molecule has 7 heteroatoms. The largest absolute Gasteiger partial charge is 0.390 e. The molecule has 1 rings (SSSR count). The van der Waals surface area contributed by atoms with Crippen molar-refractivity contribution in [3.8, 4) is 0 Å². The first-order valence-corrected chi connectivity index (χ1v) is 7.55.